The summed E-state index contributed by atoms with van der Waals surface area (Å²) in [7, 11) is -2.73. The van der Waals surface area contributed by atoms with Gasteiger partial charge in [0.15, 0.2) is 0 Å². The van der Waals surface area contributed by atoms with Crippen LogP contribution in [-0.2, 0) is 9.73 Å². The largest absolute Gasteiger partial charge is 0.249 e. The molecule has 0 bridgehead atoms. The van der Waals surface area contributed by atoms with Crippen molar-refractivity contribution in [3.05, 3.63) is 28.5 Å². The SMILES string of the molecule is CCS(=N)(=O)c1ccc(F)c(Br)c1. The first-order valence-corrected chi connectivity index (χ1v) is 6.21. The van der Waals surface area contributed by atoms with E-state index in [1.807, 2.05) is 0 Å². The third-order valence-corrected chi connectivity index (χ3v) is 4.11. The van der Waals surface area contributed by atoms with Crippen molar-refractivity contribution in [2.45, 2.75) is 11.8 Å². The van der Waals surface area contributed by atoms with Crippen molar-refractivity contribution < 1.29 is 8.60 Å². The van der Waals surface area contributed by atoms with E-state index in [4.69, 9.17) is 4.78 Å². The van der Waals surface area contributed by atoms with Gasteiger partial charge in [-0.1, -0.05) is 6.92 Å². The first-order valence-electron chi connectivity index (χ1n) is 3.69. The molecule has 2 nitrogen and oxygen atoms in total. The zero-order chi connectivity index (χ0) is 10.1. The van der Waals surface area contributed by atoms with Gasteiger partial charge in [0, 0.05) is 10.6 Å². The van der Waals surface area contributed by atoms with Gasteiger partial charge in [-0.25, -0.2) is 13.4 Å². The highest BCUT2D eigenvalue weighted by atomic mass is 79.9. The van der Waals surface area contributed by atoms with Crippen LogP contribution in [0, 0.1) is 10.6 Å². The van der Waals surface area contributed by atoms with Gasteiger partial charge in [-0.3, -0.25) is 0 Å². The number of hydrogen-bond donors (Lipinski definition) is 1. The molecule has 1 N–H and O–H groups in total. The van der Waals surface area contributed by atoms with E-state index < -0.39 is 15.5 Å². The molecule has 1 aromatic carbocycles. The third-order valence-electron chi connectivity index (χ3n) is 1.68. The van der Waals surface area contributed by atoms with Crippen LogP contribution in [0.5, 0.6) is 0 Å². The Morgan fingerprint density at radius 3 is 2.69 bits per heavy atom. The van der Waals surface area contributed by atoms with Crippen LogP contribution in [0.15, 0.2) is 27.6 Å². The van der Waals surface area contributed by atoms with Crippen molar-refractivity contribution in [3.8, 4) is 0 Å². The summed E-state index contributed by atoms with van der Waals surface area (Å²) >= 11 is 2.98. The number of nitrogens with one attached hydrogen (secondary N) is 1. The summed E-state index contributed by atoms with van der Waals surface area (Å²) < 4.78 is 32.0. The lowest BCUT2D eigenvalue weighted by Gasteiger charge is -2.04. The van der Waals surface area contributed by atoms with Crippen molar-refractivity contribution in [1.29, 1.82) is 4.78 Å². The quantitative estimate of drug-likeness (QED) is 0.878. The highest BCUT2D eigenvalue weighted by Gasteiger charge is 2.09. The molecular formula is C8H9BrFNOS. The first kappa shape index (κ1) is 10.7. The molecule has 13 heavy (non-hydrogen) atoms. The number of hydrogen-bond acceptors (Lipinski definition) is 2. The summed E-state index contributed by atoms with van der Waals surface area (Å²) in [4.78, 5) is 0.364. The molecule has 72 valence electrons. The fourth-order valence-electron chi connectivity index (χ4n) is 0.849. The normalized spacial score (nSPS) is 15.3. The Labute approximate surface area is 85.3 Å². The minimum absolute atomic E-state index is 0.241. The molecule has 0 aromatic heterocycles. The molecule has 1 aromatic rings. The molecule has 0 aliphatic carbocycles. The fraction of sp³-hybridized carbons (Fsp3) is 0.250. The minimum Gasteiger partial charge on any atom is -0.249 e. The zero-order valence-electron chi connectivity index (χ0n) is 7.01. The van der Waals surface area contributed by atoms with Crippen LogP contribution >= 0.6 is 15.9 Å². The Hall–Kier alpha value is -0.420. The van der Waals surface area contributed by atoms with Crippen LogP contribution in [0.1, 0.15) is 6.92 Å². The Morgan fingerprint density at radius 2 is 2.23 bits per heavy atom. The lowest BCUT2D eigenvalue weighted by Crippen LogP contribution is -2.01. The van der Waals surface area contributed by atoms with Gasteiger partial charge < -0.3 is 0 Å². The van der Waals surface area contributed by atoms with Crippen molar-refractivity contribution in [2.24, 2.45) is 0 Å². The van der Waals surface area contributed by atoms with Crippen LogP contribution in [0.25, 0.3) is 0 Å². The molecule has 0 saturated carbocycles. The summed E-state index contributed by atoms with van der Waals surface area (Å²) in [5.41, 5.74) is 0. The molecule has 1 atom stereocenters. The Kier molecular flexibility index (Phi) is 3.08. The van der Waals surface area contributed by atoms with Gasteiger partial charge in [-0.2, -0.15) is 0 Å². The molecule has 1 rings (SSSR count). The van der Waals surface area contributed by atoms with Gasteiger partial charge in [-0.05, 0) is 34.1 Å². The zero-order valence-corrected chi connectivity index (χ0v) is 9.41. The topological polar surface area (TPSA) is 40.9 Å². The summed E-state index contributed by atoms with van der Waals surface area (Å²) in [5, 5.41) is 0. The number of halogens is 2. The summed E-state index contributed by atoms with van der Waals surface area (Å²) in [5.74, 6) is -0.166. The van der Waals surface area contributed by atoms with Gasteiger partial charge in [0.05, 0.1) is 14.2 Å². The maximum absolute atomic E-state index is 12.8. The maximum Gasteiger partial charge on any atom is 0.137 e. The number of rotatable bonds is 2. The molecule has 0 saturated heterocycles. The lowest BCUT2D eigenvalue weighted by atomic mass is 10.3. The molecule has 0 amide bonds. The third kappa shape index (κ3) is 2.28. The van der Waals surface area contributed by atoms with Crippen LogP contribution in [0.2, 0.25) is 0 Å². The van der Waals surface area contributed by atoms with Crippen molar-refractivity contribution in [3.63, 3.8) is 0 Å². The molecule has 5 heteroatoms. The predicted molar refractivity (Wildman–Crippen MR) is 53.8 cm³/mol. The maximum atomic E-state index is 12.8. The van der Waals surface area contributed by atoms with Crippen LogP contribution in [0.3, 0.4) is 0 Å². The highest BCUT2D eigenvalue weighted by molar-refractivity contribution is 9.10. The van der Waals surface area contributed by atoms with Gasteiger partial charge in [-0.15, -0.1) is 0 Å². The number of benzene rings is 1. The van der Waals surface area contributed by atoms with Gasteiger partial charge in [0.2, 0.25) is 0 Å². The summed E-state index contributed by atoms with van der Waals surface area (Å²) in [6.45, 7) is 1.67. The van der Waals surface area contributed by atoms with E-state index in [9.17, 15) is 8.60 Å². The molecular weight excluding hydrogens is 257 g/mol. The second kappa shape index (κ2) is 3.75. The Bertz CT molecular complexity index is 416. The Morgan fingerprint density at radius 1 is 1.62 bits per heavy atom. The average molecular weight is 266 g/mol. The fourth-order valence-corrected chi connectivity index (χ4v) is 2.31. The average Bonchev–Trinajstić information content (AvgIpc) is 2.09. The van der Waals surface area contributed by atoms with E-state index in [2.05, 4.69) is 15.9 Å². The van der Waals surface area contributed by atoms with E-state index in [0.717, 1.165) is 0 Å². The van der Waals surface area contributed by atoms with Crippen LogP contribution in [-0.4, -0.2) is 9.96 Å². The second-order valence-electron chi connectivity index (χ2n) is 2.54. The Balaban J connectivity index is 3.27. The predicted octanol–water partition coefficient (Wildman–Crippen LogP) is 3.01. The molecule has 0 aliphatic heterocycles. The highest BCUT2D eigenvalue weighted by Crippen LogP contribution is 2.20. The minimum atomic E-state index is -2.73. The van der Waals surface area contributed by atoms with Gasteiger partial charge in [0.1, 0.15) is 5.82 Å². The summed E-state index contributed by atoms with van der Waals surface area (Å²) in [6, 6.07) is 4.00. The molecule has 0 spiro atoms. The molecule has 0 fully saturated rings. The van der Waals surface area contributed by atoms with Crippen molar-refractivity contribution in [2.75, 3.05) is 5.75 Å². The molecule has 0 radical (unpaired) electrons. The van der Waals surface area contributed by atoms with Crippen LogP contribution in [0.4, 0.5) is 4.39 Å². The van der Waals surface area contributed by atoms with Gasteiger partial charge >= 0.3 is 0 Å². The molecule has 0 heterocycles. The molecule has 0 aliphatic rings. The monoisotopic (exact) mass is 265 g/mol. The summed E-state index contributed by atoms with van der Waals surface area (Å²) in [6.07, 6.45) is 0. The van der Waals surface area contributed by atoms with E-state index >= 15 is 0 Å². The van der Waals surface area contributed by atoms with E-state index in [1.165, 1.54) is 18.2 Å². The van der Waals surface area contributed by atoms with E-state index in [0.29, 0.717) is 4.90 Å². The van der Waals surface area contributed by atoms with Crippen molar-refractivity contribution >= 4 is 25.7 Å². The lowest BCUT2D eigenvalue weighted by molar-refractivity contribution is 0.619. The smallest absolute Gasteiger partial charge is 0.137 e. The van der Waals surface area contributed by atoms with E-state index in [1.54, 1.807) is 6.92 Å². The van der Waals surface area contributed by atoms with Crippen molar-refractivity contribution in [1.82, 2.24) is 0 Å². The molecule has 1 unspecified atom stereocenters. The van der Waals surface area contributed by atoms with E-state index in [-0.39, 0.29) is 10.2 Å². The first-order chi connectivity index (χ1) is 5.97. The second-order valence-corrected chi connectivity index (χ2v) is 5.79. The van der Waals surface area contributed by atoms with Gasteiger partial charge in [0.25, 0.3) is 0 Å². The van der Waals surface area contributed by atoms with Crippen LogP contribution < -0.4 is 0 Å². The standard InChI is InChI=1S/C8H9BrFNOS/c1-2-13(11,12)6-3-4-8(10)7(9)5-6/h3-5,11H,2H2,1H3.